The maximum Gasteiger partial charge on any atom is 0.254 e. The number of amides is 1. The van der Waals surface area contributed by atoms with Gasteiger partial charge in [-0.05, 0) is 37.5 Å². The maximum atomic E-state index is 13.8. The summed E-state index contributed by atoms with van der Waals surface area (Å²) in [5, 5.41) is 0. The Labute approximate surface area is 123 Å². The van der Waals surface area contributed by atoms with E-state index in [1.165, 1.54) is 19.2 Å². The quantitative estimate of drug-likeness (QED) is 0.837. The van der Waals surface area contributed by atoms with Crippen molar-refractivity contribution in [1.29, 1.82) is 0 Å². The van der Waals surface area contributed by atoms with Crippen molar-refractivity contribution in [3.63, 3.8) is 0 Å². The fourth-order valence-electron chi connectivity index (χ4n) is 2.75. The van der Waals surface area contributed by atoms with Gasteiger partial charge in [0.1, 0.15) is 0 Å². The minimum atomic E-state index is -0.497. The molecule has 1 aliphatic heterocycles. The van der Waals surface area contributed by atoms with Crippen LogP contribution in [0.1, 0.15) is 29.6 Å². The molecule has 0 N–H and O–H groups in total. The minimum Gasteiger partial charge on any atom is -0.494 e. The Morgan fingerprint density at radius 1 is 1.43 bits per heavy atom. The van der Waals surface area contributed by atoms with E-state index in [1.807, 2.05) is 4.90 Å². The Morgan fingerprint density at radius 3 is 2.81 bits per heavy atom. The predicted octanol–water partition coefficient (Wildman–Crippen LogP) is 2.48. The van der Waals surface area contributed by atoms with E-state index in [1.54, 1.807) is 6.07 Å². The summed E-state index contributed by atoms with van der Waals surface area (Å²) >= 11 is 0. The van der Waals surface area contributed by atoms with Crippen molar-refractivity contribution in [3.8, 4) is 5.75 Å². The number of halogens is 1. The fourth-order valence-corrected chi connectivity index (χ4v) is 2.75. The van der Waals surface area contributed by atoms with Gasteiger partial charge in [-0.2, -0.15) is 0 Å². The Bertz CT molecular complexity index is 524. The van der Waals surface area contributed by atoms with Gasteiger partial charge in [0.2, 0.25) is 0 Å². The number of carbonyl (C=O) groups excluding carboxylic acids is 1. The van der Waals surface area contributed by atoms with E-state index in [2.05, 4.69) is 0 Å². The third-order valence-corrected chi connectivity index (χ3v) is 4.13. The van der Waals surface area contributed by atoms with Gasteiger partial charge in [-0.15, -0.1) is 0 Å². The molecule has 1 aromatic carbocycles. The smallest absolute Gasteiger partial charge is 0.254 e. The summed E-state index contributed by atoms with van der Waals surface area (Å²) in [7, 11) is 1.41. The van der Waals surface area contributed by atoms with Gasteiger partial charge >= 0.3 is 0 Å². The minimum absolute atomic E-state index is 0.0917. The number of nitrogens with zero attached hydrogens (tertiary/aromatic N) is 1. The van der Waals surface area contributed by atoms with Gasteiger partial charge in [0.05, 0.1) is 13.7 Å². The van der Waals surface area contributed by atoms with Gasteiger partial charge in [0.25, 0.3) is 5.91 Å². The number of ether oxygens (including phenoxy) is 2. The van der Waals surface area contributed by atoms with E-state index in [0.717, 1.165) is 25.9 Å². The van der Waals surface area contributed by atoms with Crippen LogP contribution in [0.15, 0.2) is 18.2 Å². The summed E-state index contributed by atoms with van der Waals surface area (Å²) in [5.41, 5.74) is 0.388. The monoisotopic (exact) mass is 293 g/mol. The summed E-state index contributed by atoms with van der Waals surface area (Å²) in [6.45, 7) is 2.19. The number of hydrogen-bond acceptors (Lipinski definition) is 3. The highest BCUT2D eigenvalue weighted by atomic mass is 19.1. The van der Waals surface area contributed by atoms with Crippen molar-refractivity contribution in [2.24, 2.45) is 5.92 Å². The molecule has 2 fully saturated rings. The van der Waals surface area contributed by atoms with Gasteiger partial charge in [0.15, 0.2) is 11.6 Å². The molecule has 5 heteroatoms. The summed E-state index contributed by atoms with van der Waals surface area (Å²) in [6, 6.07) is 4.71. The Balaban J connectivity index is 1.75. The molecule has 1 heterocycles. The molecule has 1 saturated heterocycles. The topological polar surface area (TPSA) is 38.8 Å². The molecule has 21 heavy (non-hydrogen) atoms. The van der Waals surface area contributed by atoms with E-state index < -0.39 is 5.82 Å². The average molecular weight is 293 g/mol. The zero-order chi connectivity index (χ0) is 14.8. The van der Waals surface area contributed by atoms with Gasteiger partial charge in [-0.1, -0.05) is 0 Å². The number of methoxy groups -OCH3 is 1. The normalized spacial score (nSPS) is 21.3. The van der Waals surface area contributed by atoms with E-state index in [4.69, 9.17) is 9.47 Å². The second-order valence-electron chi connectivity index (χ2n) is 5.77. The summed E-state index contributed by atoms with van der Waals surface area (Å²) in [4.78, 5) is 14.5. The molecule has 0 aromatic heterocycles. The van der Waals surface area contributed by atoms with Crippen molar-refractivity contribution in [2.75, 3.05) is 26.9 Å². The molecule has 1 amide bonds. The van der Waals surface area contributed by atoms with Gasteiger partial charge in [-0.25, -0.2) is 4.39 Å². The molecule has 0 radical (unpaired) electrons. The van der Waals surface area contributed by atoms with Crippen molar-refractivity contribution >= 4 is 5.91 Å². The lowest BCUT2D eigenvalue weighted by Gasteiger charge is -2.25. The first-order chi connectivity index (χ1) is 10.2. The highest BCUT2D eigenvalue weighted by molar-refractivity contribution is 5.94. The second kappa shape index (κ2) is 6.02. The van der Waals surface area contributed by atoms with E-state index in [-0.39, 0.29) is 11.7 Å². The largest absolute Gasteiger partial charge is 0.494 e. The van der Waals surface area contributed by atoms with Gasteiger partial charge in [0, 0.05) is 30.7 Å². The molecule has 3 rings (SSSR count). The van der Waals surface area contributed by atoms with Crippen LogP contribution in [0.5, 0.6) is 5.75 Å². The van der Waals surface area contributed by atoms with Crippen LogP contribution in [0.4, 0.5) is 4.39 Å². The van der Waals surface area contributed by atoms with Gasteiger partial charge in [-0.3, -0.25) is 4.79 Å². The van der Waals surface area contributed by atoms with E-state index >= 15 is 0 Å². The Hall–Kier alpha value is -1.62. The number of rotatable bonds is 5. The van der Waals surface area contributed by atoms with Crippen molar-refractivity contribution in [1.82, 2.24) is 4.90 Å². The van der Waals surface area contributed by atoms with Crippen LogP contribution in [-0.4, -0.2) is 43.7 Å². The number of benzene rings is 1. The van der Waals surface area contributed by atoms with Crippen LogP contribution in [0, 0.1) is 11.7 Å². The molecule has 0 spiro atoms. The van der Waals surface area contributed by atoms with Crippen LogP contribution >= 0.6 is 0 Å². The second-order valence-corrected chi connectivity index (χ2v) is 5.77. The third kappa shape index (κ3) is 3.18. The first-order valence-electron chi connectivity index (χ1n) is 7.41. The van der Waals surface area contributed by atoms with Crippen LogP contribution in [0.3, 0.4) is 0 Å². The van der Waals surface area contributed by atoms with Crippen LogP contribution in [-0.2, 0) is 4.74 Å². The predicted molar refractivity (Wildman–Crippen MR) is 75.9 cm³/mol. The summed E-state index contributed by atoms with van der Waals surface area (Å²) in [6.07, 6.45) is 3.07. The van der Waals surface area contributed by atoms with Crippen molar-refractivity contribution < 1.29 is 18.7 Å². The lowest BCUT2D eigenvalue weighted by Crippen LogP contribution is -2.37. The molecule has 1 aromatic rings. The fraction of sp³-hybridized carbons (Fsp3) is 0.562. The van der Waals surface area contributed by atoms with Crippen molar-refractivity contribution in [2.45, 2.75) is 25.3 Å². The Kier molecular flexibility index (Phi) is 4.10. The van der Waals surface area contributed by atoms with Crippen LogP contribution in [0.2, 0.25) is 0 Å². The maximum absolute atomic E-state index is 13.8. The lowest BCUT2D eigenvalue weighted by molar-refractivity contribution is 0.0705. The molecule has 1 atom stereocenters. The molecule has 0 unspecified atom stereocenters. The van der Waals surface area contributed by atoms with E-state index in [0.29, 0.717) is 30.7 Å². The molecular weight excluding hydrogens is 273 g/mol. The molecule has 1 saturated carbocycles. The van der Waals surface area contributed by atoms with Gasteiger partial charge < -0.3 is 14.4 Å². The third-order valence-electron chi connectivity index (χ3n) is 4.13. The molecule has 0 bridgehead atoms. The first kappa shape index (κ1) is 14.3. The van der Waals surface area contributed by atoms with Crippen LogP contribution < -0.4 is 4.74 Å². The number of hydrogen-bond donors (Lipinski definition) is 0. The zero-order valence-corrected chi connectivity index (χ0v) is 12.2. The summed E-state index contributed by atoms with van der Waals surface area (Å²) < 4.78 is 24.0. The zero-order valence-electron chi connectivity index (χ0n) is 12.2. The average Bonchev–Trinajstić information content (AvgIpc) is 3.20. The highest BCUT2D eigenvalue weighted by Gasteiger charge is 2.35. The first-order valence-corrected chi connectivity index (χ1v) is 7.41. The molecule has 1 aliphatic carbocycles. The van der Waals surface area contributed by atoms with E-state index in [9.17, 15) is 9.18 Å². The molecule has 114 valence electrons. The standard InChI is InChI=1S/C16H20FNO3/c1-20-15-5-2-12(8-14(15)17)16(19)18(13-3-4-13)9-11-6-7-21-10-11/h2,5,8,11,13H,3-4,6-7,9-10H2,1H3/t11-/m0/s1. The molecule has 2 aliphatic rings. The summed E-state index contributed by atoms with van der Waals surface area (Å²) in [5.74, 6) is -0.0272. The SMILES string of the molecule is COc1ccc(C(=O)N(C[C@@H]2CCOC2)C2CC2)cc1F. The molecular formula is C16H20FNO3. The number of carbonyl (C=O) groups is 1. The molecule has 4 nitrogen and oxygen atoms in total. The van der Waals surface area contributed by atoms with Crippen molar-refractivity contribution in [3.05, 3.63) is 29.6 Å². The Morgan fingerprint density at radius 2 is 2.24 bits per heavy atom. The van der Waals surface area contributed by atoms with Crippen LogP contribution in [0.25, 0.3) is 0 Å². The highest BCUT2D eigenvalue weighted by Crippen LogP contribution is 2.31. The lowest BCUT2D eigenvalue weighted by atomic mass is 10.1.